The van der Waals surface area contributed by atoms with Crippen LogP contribution in [0.4, 0.5) is 0 Å². The lowest BCUT2D eigenvalue weighted by molar-refractivity contribution is 0.327. The second-order valence-corrected chi connectivity index (χ2v) is 4.97. The van der Waals surface area contributed by atoms with E-state index in [1.54, 1.807) is 0 Å². The van der Waals surface area contributed by atoms with Crippen LogP contribution < -0.4 is 5.73 Å². The summed E-state index contributed by atoms with van der Waals surface area (Å²) in [7, 11) is 0. The molecule has 1 saturated heterocycles. The van der Waals surface area contributed by atoms with E-state index in [0.717, 1.165) is 26.1 Å². The van der Waals surface area contributed by atoms with Gasteiger partial charge in [-0.1, -0.05) is 36.4 Å². The van der Waals surface area contributed by atoms with E-state index >= 15 is 0 Å². The Morgan fingerprint density at radius 3 is 2.71 bits per heavy atom. The minimum absolute atomic E-state index is 0.371. The lowest BCUT2D eigenvalue weighted by Gasteiger charge is -2.15. The van der Waals surface area contributed by atoms with Gasteiger partial charge in [0.05, 0.1) is 0 Å². The molecule has 2 N–H and O–H groups in total. The fourth-order valence-electron chi connectivity index (χ4n) is 2.60. The predicted molar refractivity (Wildman–Crippen MR) is 71.8 cm³/mol. The Bertz CT molecular complexity index is 521. The molecule has 0 bridgehead atoms. The third-order valence-corrected chi connectivity index (χ3v) is 3.53. The molecule has 0 radical (unpaired) electrons. The highest BCUT2D eigenvalue weighted by Crippen LogP contribution is 2.18. The molecule has 1 aliphatic heterocycles. The van der Waals surface area contributed by atoms with Crippen molar-refractivity contribution in [1.82, 2.24) is 4.90 Å². The van der Waals surface area contributed by atoms with Crippen LogP contribution in [0.25, 0.3) is 10.8 Å². The molecule has 1 heterocycles. The predicted octanol–water partition coefficient (Wildman–Crippen LogP) is 2.37. The van der Waals surface area contributed by atoms with E-state index in [1.807, 2.05) is 0 Å². The average Bonchev–Trinajstić information content (AvgIpc) is 2.75. The van der Waals surface area contributed by atoms with Gasteiger partial charge in [-0.25, -0.2) is 0 Å². The second-order valence-electron chi connectivity index (χ2n) is 4.97. The first-order valence-corrected chi connectivity index (χ1v) is 6.27. The third kappa shape index (κ3) is 2.33. The minimum Gasteiger partial charge on any atom is -0.326 e. The molecule has 2 nitrogen and oxygen atoms in total. The number of fused-ring (bicyclic) bond motifs is 1. The summed E-state index contributed by atoms with van der Waals surface area (Å²) in [5.41, 5.74) is 7.31. The van der Waals surface area contributed by atoms with E-state index in [9.17, 15) is 0 Å². The number of hydrogen-bond donors (Lipinski definition) is 1. The topological polar surface area (TPSA) is 29.3 Å². The number of nitrogens with zero attached hydrogens (tertiary/aromatic N) is 1. The molecule has 1 atom stereocenters. The van der Waals surface area contributed by atoms with Crippen molar-refractivity contribution in [3.8, 4) is 0 Å². The molecule has 0 unspecified atom stereocenters. The van der Waals surface area contributed by atoms with Crippen LogP contribution >= 0.6 is 0 Å². The number of benzene rings is 2. The van der Waals surface area contributed by atoms with E-state index in [-0.39, 0.29) is 0 Å². The van der Waals surface area contributed by atoms with Crippen LogP contribution in [0, 0.1) is 0 Å². The Hall–Kier alpha value is -1.38. The van der Waals surface area contributed by atoms with Gasteiger partial charge in [-0.2, -0.15) is 0 Å². The molecule has 2 aromatic rings. The molecule has 2 heteroatoms. The summed E-state index contributed by atoms with van der Waals surface area (Å²) in [4.78, 5) is 2.44. The summed E-state index contributed by atoms with van der Waals surface area (Å²) in [6, 6.07) is 15.6. The van der Waals surface area contributed by atoms with Crippen LogP contribution in [-0.4, -0.2) is 24.0 Å². The maximum atomic E-state index is 5.93. The van der Waals surface area contributed by atoms with E-state index in [4.69, 9.17) is 5.73 Å². The molecule has 88 valence electrons. The third-order valence-electron chi connectivity index (χ3n) is 3.53. The number of nitrogens with two attached hydrogens (primary N) is 1. The van der Waals surface area contributed by atoms with Gasteiger partial charge in [0.15, 0.2) is 0 Å². The van der Waals surface area contributed by atoms with Crippen molar-refractivity contribution in [3.63, 3.8) is 0 Å². The first kappa shape index (κ1) is 10.8. The number of likely N-dealkylation sites (tertiary alicyclic amines) is 1. The van der Waals surface area contributed by atoms with Crippen molar-refractivity contribution < 1.29 is 0 Å². The van der Waals surface area contributed by atoms with Crippen molar-refractivity contribution >= 4 is 10.8 Å². The summed E-state index contributed by atoms with van der Waals surface area (Å²) < 4.78 is 0. The largest absolute Gasteiger partial charge is 0.326 e. The first-order valence-electron chi connectivity index (χ1n) is 6.27. The van der Waals surface area contributed by atoms with Crippen molar-refractivity contribution in [2.45, 2.75) is 19.0 Å². The number of rotatable bonds is 2. The van der Waals surface area contributed by atoms with Crippen LogP contribution in [0.5, 0.6) is 0 Å². The standard InChI is InChI=1S/C15H18N2/c16-15-7-8-17(11-15)10-12-5-6-13-3-1-2-4-14(13)9-12/h1-6,9,15H,7-8,10-11,16H2/t15-/m0/s1. The van der Waals surface area contributed by atoms with Gasteiger partial charge >= 0.3 is 0 Å². The zero-order chi connectivity index (χ0) is 11.7. The Morgan fingerprint density at radius 2 is 1.94 bits per heavy atom. The Balaban J connectivity index is 1.81. The Labute approximate surface area is 102 Å². The van der Waals surface area contributed by atoms with Gasteiger partial charge in [-0.3, -0.25) is 4.90 Å². The zero-order valence-electron chi connectivity index (χ0n) is 9.97. The van der Waals surface area contributed by atoms with E-state index in [0.29, 0.717) is 6.04 Å². The lowest BCUT2D eigenvalue weighted by atomic mass is 10.1. The second kappa shape index (κ2) is 4.47. The first-order chi connectivity index (χ1) is 8.31. The molecule has 3 rings (SSSR count). The van der Waals surface area contributed by atoms with E-state index < -0.39 is 0 Å². The van der Waals surface area contributed by atoms with Gasteiger partial charge < -0.3 is 5.73 Å². The highest BCUT2D eigenvalue weighted by molar-refractivity contribution is 5.82. The quantitative estimate of drug-likeness (QED) is 0.852. The lowest BCUT2D eigenvalue weighted by Crippen LogP contribution is -2.26. The summed E-state index contributed by atoms with van der Waals surface area (Å²) in [5.74, 6) is 0. The Morgan fingerprint density at radius 1 is 1.12 bits per heavy atom. The molecular formula is C15H18N2. The van der Waals surface area contributed by atoms with E-state index in [2.05, 4.69) is 47.4 Å². The normalized spacial score (nSPS) is 21.1. The molecule has 0 saturated carbocycles. The van der Waals surface area contributed by atoms with Crippen LogP contribution in [0.2, 0.25) is 0 Å². The van der Waals surface area contributed by atoms with Crippen LogP contribution in [-0.2, 0) is 6.54 Å². The fourth-order valence-corrected chi connectivity index (χ4v) is 2.60. The summed E-state index contributed by atoms with van der Waals surface area (Å²) >= 11 is 0. The van der Waals surface area contributed by atoms with Crippen LogP contribution in [0.3, 0.4) is 0 Å². The van der Waals surface area contributed by atoms with Crippen molar-refractivity contribution in [2.75, 3.05) is 13.1 Å². The maximum Gasteiger partial charge on any atom is 0.0234 e. The maximum absolute atomic E-state index is 5.93. The van der Waals surface area contributed by atoms with Gasteiger partial charge in [0.25, 0.3) is 0 Å². The van der Waals surface area contributed by atoms with Crippen molar-refractivity contribution in [1.29, 1.82) is 0 Å². The molecule has 2 aromatic carbocycles. The summed E-state index contributed by atoms with van der Waals surface area (Å²) in [5, 5.41) is 2.64. The highest BCUT2D eigenvalue weighted by atomic mass is 15.2. The van der Waals surface area contributed by atoms with Crippen molar-refractivity contribution in [3.05, 3.63) is 48.0 Å². The molecule has 0 amide bonds. The summed E-state index contributed by atoms with van der Waals surface area (Å²) in [6.45, 7) is 3.19. The minimum atomic E-state index is 0.371. The number of hydrogen-bond acceptors (Lipinski definition) is 2. The van der Waals surface area contributed by atoms with E-state index in [1.165, 1.54) is 16.3 Å². The molecule has 1 aliphatic rings. The Kier molecular flexibility index (Phi) is 2.83. The SMILES string of the molecule is N[C@H]1CCN(Cc2ccc3ccccc3c2)C1. The van der Waals surface area contributed by atoms with Gasteiger partial charge in [0.1, 0.15) is 0 Å². The van der Waals surface area contributed by atoms with Crippen molar-refractivity contribution in [2.24, 2.45) is 5.73 Å². The smallest absolute Gasteiger partial charge is 0.0234 e. The highest BCUT2D eigenvalue weighted by Gasteiger charge is 2.18. The molecule has 17 heavy (non-hydrogen) atoms. The average molecular weight is 226 g/mol. The molecular weight excluding hydrogens is 208 g/mol. The molecule has 1 fully saturated rings. The van der Waals surface area contributed by atoms with Gasteiger partial charge in [0, 0.05) is 25.7 Å². The van der Waals surface area contributed by atoms with Gasteiger partial charge in [-0.05, 0) is 28.8 Å². The molecule has 0 aromatic heterocycles. The fraction of sp³-hybridized carbons (Fsp3) is 0.333. The van der Waals surface area contributed by atoms with Crippen LogP contribution in [0.1, 0.15) is 12.0 Å². The van der Waals surface area contributed by atoms with Gasteiger partial charge in [0.2, 0.25) is 0 Å². The molecule has 0 spiro atoms. The molecule has 0 aliphatic carbocycles. The van der Waals surface area contributed by atoms with Gasteiger partial charge in [-0.15, -0.1) is 0 Å². The van der Waals surface area contributed by atoms with Crippen LogP contribution in [0.15, 0.2) is 42.5 Å². The zero-order valence-corrected chi connectivity index (χ0v) is 9.97. The monoisotopic (exact) mass is 226 g/mol. The summed E-state index contributed by atoms with van der Waals surface area (Å²) in [6.07, 6.45) is 1.13.